The summed E-state index contributed by atoms with van der Waals surface area (Å²) in [5, 5.41) is 5.84. The fraction of sp³-hybridized carbons (Fsp3) is 0.438. The molecule has 2 rings (SSSR count). The summed E-state index contributed by atoms with van der Waals surface area (Å²) in [5.74, 6) is 0. The highest BCUT2D eigenvalue weighted by Crippen LogP contribution is 2.27. The van der Waals surface area contributed by atoms with Crippen molar-refractivity contribution in [2.45, 2.75) is 39.7 Å². The van der Waals surface area contributed by atoms with E-state index in [-0.39, 0.29) is 0 Å². The van der Waals surface area contributed by atoms with Crippen molar-refractivity contribution < 1.29 is 0 Å². The molecule has 0 spiro atoms. The number of hydrogen-bond acceptors (Lipinski definition) is 3. The summed E-state index contributed by atoms with van der Waals surface area (Å²) in [5.41, 5.74) is 3.86. The van der Waals surface area contributed by atoms with Crippen molar-refractivity contribution in [1.29, 1.82) is 0 Å². The van der Waals surface area contributed by atoms with E-state index in [0.29, 0.717) is 6.04 Å². The van der Waals surface area contributed by atoms with Gasteiger partial charge in [-0.15, -0.1) is 11.3 Å². The molecule has 0 aliphatic rings. The van der Waals surface area contributed by atoms with Gasteiger partial charge in [0.05, 0.1) is 0 Å². The largest absolute Gasteiger partial charge is 0.309 e. The van der Waals surface area contributed by atoms with Crippen LogP contribution < -0.4 is 5.32 Å². The van der Waals surface area contributed by atoms with Gasteiger partial charge in [-0.1, -0.05) is 13.0 Å². The third-order valence-corrected chi connectivity index (χ3v) is 4.51. The monoisotopic (exact) mass is 274 g/mol. The smallest absolute Gasteiger partial charge is 0.0473 e. The first-order valence-corrected chi connectivity index (χ1v) is 7.78. The van der Waals surface area contributed by atoms with Crippen LogP contribution in [0.3, 0.4) is 0 Å². The van der Waals surface area contributed by atoms with Crippen molar-refractivity contribution in [3.63, 3.8) is 0 Å². The standard InChI is InChI=1S/C16H22N2S/c1-4-8-17-15(16-13(3)7-10-19-16)11-14-12(2)6-5-9-18-14/h5-7,9-10,15,17H,4,8,11H2,1-3H3. The molecular formula is C16H22N2S. The fourth-order valence-corrected chi connectivity index (χ4v) is 3.25. The summed E-state index contributed by atoms with van der Waals surface area (Å²) in [4.78, 5) is 5.97. The van der Waals surface area contributed by atoms with Crippen LogP contribution in [0, 0.1) is 13.8 Å². The molecular weight excluding hydrogens is 252 g/mol. The quantitative estimate of drug-likeness (QED) is 0.860. The molecule has 2 aromatic rings. The Labute approximate surface area is 119 Å². The SMILES string of the molecule is CCCNC(Cc1ncccc1C)c1sccc1C. The lowest BCUT2D eigenvalue weighted by Gasteiger charge is -2.19. The Kier molecular flexibility index (Phi) is 5.11. The van der Waals surface area contributed by atoms with Crippen LogP contribution in [0.5, 0.6) is 0 Å². The average molecular weight is 274 g/mol. The Morgan fingerprint density at radius 1 is 1.26 bits per heavy atom. The van der Waals surface area contributed by atoms with Gasteiger partial charge in [0.2, 0.25) is 0 Å². The second-order valence-corrected chi connectivity index (χ2v) is 5.89. The maximum Gasteiger partial charge on any atom is 0.0473 e. The maximum atomic E-state index is 4.53. The third-order valence-electron chi connectivity index (χ3n) is 3.37. The van der Waals surface area contributed by atoms with E-state index in [1.54, 1.807) is 0 Å². The number of hydrogen-bond donors (Lipinski definition) is 1. The van der Waals surface area contributed by atoms with E-state index in [9.17, 15) is 0 Å². The van der Waals surface area contributed by atoms with E-state index < -0.39 is 0 Å². The summed E-state index contributed by atoms with van der Waals surface area (Å²) >= 11 is 1.84. The molecule has 2 heterocycles. The Bertz CT molecular complexity index is 519. The van der Waals surface area contributed by atoms with Crippen LogP contribution in [-0.2, 0) is 6.42 Å². The summed E-state index contributed by atoms with van der Waals surface area (Å²) in [6, 6.07) is 6.73. The summed E-state index contributed by atoms with van der Waals surface area (Å²) < 4.78 is 0. The van der Waals surface area contributed by atoms with Gasteiger partial charge in [0.1, 0.15) is 0 Å². The van der Waals surface area contributed by atoms with Crippen molar-refractivity contribution in [2.75, 3.05) is 6.54 Å². The Morgan fingerprint density at radius 3 is 2.74 bits per heavy atom. The average Bonchev–Trinajstić information content (AvgIpc) is 2.83. The zero-order valence-corrected chi connectivity index (χ0v) is 12.8. The van der Waals surface area contributed by atoms with Crippen LogP contribution in [0.2, 0.25) is 0 Å². The first-order valence-electron chi connectivity index (χ1n) is 6.90. The third kappa shape index (κ3) is 3.64. The number of aryl methyl sites for hydroxylation is 2. The van der Waals surface area contributed by atoms with Crippen molar-refractivity contribution >= 4 is 11.3 Å². The molecule has 1 N–H and O–H groups in total. The molecule has 0 aliphatic heterocycles. The summed E-state index contributed by atoms with van der Waals surface area (Å²) in [6.45, 7) is 7.59. The normalized spacial score (nSPS) is 12.6. The van der Waals surface area contributed by atoms with Crippen LogP contribution in [0.1, 0.15) is 41.1 Å². The number of rotatable bonds is 6. The van der Waals surface area contributed by atoms with Crippen LogP contribution in [0.25, 0.3) is 0 Å². The fourth-order valence-electron chi connectivity index (χ4n) is 2.24. The molecule has 3 heteroatoms. The number of pyridine rings is 1. The number of thiophene rings is 1. The van der Waals surface area contributed by atoms with Crippen molar-refractivity contribution in [3.05, 3.63) is 51.5 Å². The second-order valence-electron chi connectivity index (χ2n) is 4.95. The predicted molar refractivity (Wildman–Crippen MR) is 82.8 cm³/mol. The minimum Gasteiger partial charge on any atom is -0.309 e. The molecule has 2 nitrogen and oxygen atoms in total. The van der Waals surface area contributed by atoms with Crippen LogP contribution in [0.4, 0.5) is 0 Å². The van der Waals surface area contributed by atoms with Crippen molar-refractivity contribution in [2.24, 2.45) is 0 Å². The van der Waals surface area contributed by atoms with Gasteiger partial charge in [0.15, 0.2) is 0 Å². The minimum absolute atomic E-state index is 0.383. The maximum absolute atomic E-state index is 4.53. The first-order chi connectivity index (χ1) is 9.22. The van der Waals surface area contributed by atoms with Crippen LogP contribution in [0.15, 0.2) is 29.8 Å². The van der Waals surface area contributed by atoms with E-state index in [4.69, 9.17) is 0 Å². The zero-order chi connectivity index (χ0) is 13.7. The Balaban J connectivity index is 2.19. The lowest BCUT2D eigenvalue weighted by atomic mass is 10.0. The van der Waals surface area contributed by atoms with E-state index in [1.165, 1.54) is 21.7 Å². The van der Waals surface area contributed by atoms with E-state index in [2.05, 4.69) is 48.6 Å². The molecule has 19 heavy (non-hydrogen) atoms. The molecule has 0 saturated heterocycles. The van der Waals surface area contributed by atoms with Gasteiger partial charge in [0.25, 0.3) is 0 Å². The highest BCUT2D eigenvalue weighted by atomic mass is 32.1. The lowest BCUT2D eigenvalue weighted by Crippen LogP contribution is -2.24. The highest BCUT2D eigenvalue weighted by molar-refractivity contribution is 7.10. The Hall–Kier alpha value is -1.19. The molecule has 102 valence electrons. The molecule has 1 atom stereocenters. The minimum atomic E-state index is 0.383. The van der Waals surface area contributed by atoms with Gasteiger partial charge in [-0.25, -0.2) is 0 Å². The molecule has 2 aromatic heterocycles. The number of nitrogens with one attached hydrogen (secondary N) is 1. The van der Waals surface area contributed by atoms with Gasteiger partial charge < -0.3 is 5.32 Å². The summed E-state index contributed by atoms with van der Waals surface area (Å²) in [7, 11) is 0. The molecule has 0 fully saturated rings. The van der Waals surface area contributed by atoms with Crippen LogP contribution >= 0.6 is 11.3 Å². The van der Waals surface area contributed by atoms with E-state index >= 15 is 0 Å². The van der Waals surface area contributed by atoms with Gasteiger partial charge in [0, 0.05) is 29.2 Å². The van der Waals surface area contributed by atoms with Gasteiger partial charge in [-0.3, -0.25) is 4.98 Å². The Morgan fingerprint density at radius 2 is 2.11 bits per heavy atom. The van der Waals surface area contributed by atoms with E-state index in [0.717, 1.165) is 19.4 Å². The van der Waals surface area contributed by atoms with Gasteiger partial charge in [-0.05, 0) is 55.5 Å². The molecule has 0 bridgehead atoms. The van der Waals surface area contributed by atoms with E-state index in [1.807, 2.05) is 23.6 Å². The molecule has 1 unspecified atom stereocenters. The second kappa shape index (κ2) is 6.83. The molecule has 0 radical (unpaired) electrons. The molecule has 0 aromatic carbocycles. The molecule has 0 amide bonds. The lowest BCUT2D eigenvalue weighted by molar-refractivity contribution is 0.529. The first kappa shape index (κ1) is 14.2. The van der Waals surface area contributed by atoms with Gasteiger partial charge >= 0.3 is 0 Å². The zero-order valence-electron chi connectivity index (χ0n) is 11.9. The number of aromatic nitrogens is 1. The summed E-state index contributed by atoms with van der Waals surface area (Å²) in [6.07, 6.45) is 4.01. The highest BCUT2D eigenvalue weighted by Gasteiger charge is 2.16. The predicted octanol–water partition coefficient (Wildman–Crippen LogP) is 4.04. The van der Waals surface area contributed by atoms with Gasteiger partial charge in [-0.2, -0.15) is 0 Å². The van der Waals surface area contributed by atoms with Crippen molar-refractivity contribution in [1.82, 2.24) is 10.3 Å². The number of nitrogens with zero attached hydrogens (tertiary/aromatic N) is 1. The molecule has 0 saturated carbocycles. The van der Waals surface area contributed by atoms with Crippen molar-refractivity contribution in [3.8, 4) is 0 Å². The topological polar surface area (TPSA) is 24.9 Å². The van der Waals surface area contributed by atoms with Crippen LogP contribution in [-0.4, -0.2) is 11.5 Å². The molecule has 0 aliphatic carbocycles.